The lowest BCUT2D eigenvalue weighted by atomic mass is 9.92. The van der Waals surface area contributed by atoms with Gasteiger partial charge in [0.05, 0.1) is 18.1 Å². The number of nitrogens with one attached hydrogen (secondary N) is 1. The van der Waals surface area contributed by atoms with Gasteiger partial charge in [0.25, 0.3) is 0 Å². The minimum Gasteiger partial charge on any atom is -0.379 e. The van der Waals surface area contributed by atoms with E-state index in [1.54, 1.807) is 6.07 Å². The summed E-state index contributed by atoms with van der Waals surface area (Å²) >= 11 is 0. The van der Waals surface area contributed by atoms with Gasteiger partial charge >= 0.3 is 0 Å². The van der Waals surface area contributed by atoms with Crippen molar-refractivity contribution in [1.29, 1.82) is 0 Å². The molecule has 4 rings (SSSR count). The fourth-order valence-electron chi connectivity index (χ4n) is 4.28. The van der Waals surface area contributed by atoms with E-state index in [9.17, 15) is 8.42 Å². The van der Waals surface area contributed by atoms with Crippen molar-refractivity contribution >= 4 is 10.0 Å². The van der Waals surface area contributed by atoms with E-state index >= 15 is 0 Å². The lowest BCUT2D eigenvalue weighted by Crippen LogP contribution is -2.43. The number of sulfonamides is 1. The van der Waals surface area contributed by atoms with Crippen LogP contribution >= 0.6 is 0 Å². The molecule has 0 radical (unpaired) electrons. The number of nitrogens with zero attached hydrogens (tertiary/aromatic N) is 1. The SMILES string of the molecule is Cc1ccc([C@H](CNS(=O)(=O)c2ccc3c(c2)CCCC3)N2CCOCC2)cc1. The average molecular weight is 415 g/mol. The molecule has 1 atom stereocenters. The van der Waals surface area contributed by atoms with Gasteiger partial charge in [0.15, 0.2) is 0 Å². The maximum absolute atomic E-state index is 13.0. The van der Waals surface area contributed by atoms with Crippen LogP contribution in [0.1, 0.15) is 41.1 Å². The minimum absolute atomic E-state index is 0.00750. The van der Waals surface area contributed by atoms with E-state index in [1.807, 2.05) is 12.1 Å². The fourth-order valence-corrected chi connectivity index (χ4v) is 5.37. The zero-order valence-corrected chi connectivity index (χ0v) is 17.9. The summed E-state index contributed by atoms with van der Waals surface area (Å²) in [5, 5.41) is 0. The van der Waals surface area contributed by atoms with E-state index < -0.39 is 10.0 Å². The lowest BCUT2D eigenvalue weighted by Gasteiger charge is -2.35. The van der Waals surface area contributed by atoms with E-state index in [-0.39, 0.29) is 6.04 Å². The largest absolute Gasteiger partial charge is 0.379 e. The highest BCUT2D eigenvalue weighted by atomic mass is 32.2. The van der Waals surface area contributed by atoms with Gasteiger partial charge in [-0.2, -0.15) is 0 Å². The van der Waals surface area contributed by atoms with Crippen molar-refractivity contribution in [3.8, 4) is 0 Å². The van der Waals surface area contributed by atoms with Crippen LogP contribution in [-0.4, -0.2) is 46.2 Å². The normalized spacial score (nSPS) is 18.9. The number of hydrogen-bond donors (Lipinski definition) is 1. The average Bonchev–Trinajstić information content (AvgIpc) is 2.75. The van der Waals surface area contributed by atoms with Gasteiger partial charge in [-0.05, 0) is 61.4 Å². The smallest absolute Gasteiger partial charge is 0.240 e. The van der Waals surface area contributed by atoms with Gasteiger partial charge in [0.2, 0.25) is 10.0 Å². The Kier molecular flexibility index (Phi) is 6.35. The third-order valence-electron chi connectivity index (χ3n) is 6.05. The van der Waals surface area contributed by atoms with Crippen LogP contribution in [0.5, 0.6) is 0 Å². The molecule has 0 unspecified atom stereocenters. The maximum atomic E-state index is 13.0. The van der Waals surface area contributed by atoms with Gasteiger partial charge in [0, 0.05) is 25.7 Å². The van der Waals surface area contributed by atoms with Crippen LogP contribution < -0.4 is 4.72 Å². The number of aryl methyl sites for hydroxylation is 3. The van der Waals surface area contributed by atoms with Crippen molar-refractivity contribution in [1.82, 2.24) is 9.62 Å². The second kappa shape index (κ2) is 8.96. The molecule has 2 aliphatic rings. The number of hydrogen-bond acceptors (Lipinski definition) is 4. The Morgan fingerprint density at radius 2 is 1.69 bits per heavy atom. The summed E-state index contributed by atoms with van der Waals surface area (Å²) in [6.45, 7) is 5.38. The van der Waals surface area contributed by atoms with Crippen LogP contribution in [0.15, 0.2) is 47.4 Å². The Morgan fingerprint density at radius 3 is 2.41 bits per heavy atom. The van der Waals surface area contributed by atoms with Gasteiger partial charge in [-0.25, -0.2) is 13.1 Å². The molecule has 0 bridgehead atoms. The number of morpholine rings is 1. The molecule has 5 nitrogen and oxygen atoms in total. The molecule has 1 saturated heterocycles. The molecule has 1 heterocycles. The van der Waals surface area contributed by atoms with Crippen molar-refractivity contribution in [3.05, 3.63) is 64.7 Å². The third kappa shape index (κ3) is 4.89. The van der Waals surface area contributed by atoms with Crippen molar-refractivity contribution in [2.45, 2.75) is 43.5 Å². The van der Waals surface area contributed by atoms with Crippen LogP contribution in [-0.2, 0) is 27.6 Å². The van der Waals surface area contributed by atoms with Crippen LogP contribution in [0, 0.1) is 6.92 Å². The van der Waals surface area contributed by atoms with E-state index in [2.05, 4.69) is 40.8 Å². The number of benzene rings is 2. The highest BCUT2D eigenvalue weighted by molar-refractivity contribution is 7.89. The Morgan fingerprint density at radius 1 is 1.00 bits per heavy atom. The molecule has 1 N–H and O–H groups in total. The van der Waals surface area contributed by atoms with Gasteiger partial charge in [0.1, 0.15) is 0 Å². The number of rotatable bonds is 6. The summed E-state index contributed by atoms with van der Waals surface area (Å²) in [6.07, 6.45) is 4.35. The first-order chi connectivity index (χ1) is 14.0. The van der Waals surface area contributed by atoms with Crippen molar-refractivity contribution in [3.63, 3.8) is 0 Å². The first-order valence-corrected chi connectivity index (χ1v) is 12.0. The molecule has 1 fully saturated rings. The molecule has 0 amide bonds. The first-order valence-electron chi connectivity index (χ1n) is 10.5. The van der Waals surface area contributed by atoms with Crippen LogP contribution in [0.3, 0.4) is 0 Å². The highest BCUT2D eigenvalue weighted by Gasteiger charge is 2.25. The molecule has 2 aromatic rings. The Hall–Kier alpha value is -1.73. The van der Waals surface area contributed by atoms with E-state index in [1.165, 1.54) is 23.1 Å². The Labute approximate surface area is 174 Å². The summed E-state index contributed by atoms with van der Waals surface area (Å²) in [6, 6.07) is 14.0. The van der Waals surface area contributed by atoms with E-state index in [4.69, 9.17) is 4.74 Å². The molecule has 0 spiro atoms. The van der Waals surface area contributed by atoms with Gasteiger partial charge < -0.3 is 4.74 Å². The van der Waals surface area contributed by atoms with Crippen LogP contribution in [0.4, 0.5) is 0 Å². The van der Waals surface area contributed by atoms with Crippen LogP contribution in [0.2, 0.25) is 0 Å². The second-order valence-electron chi connectivity index (χ2n) is 8.06. The zero-order chi connectivity index (χ0) is 20.3. The van der Waals surface area contributed by atoms with Crippen molar-refractivity contribution in [2.75, 3.05) is 32.8 Å². The molecule has 1 aliphatic carbocycles. The van der Waals surface area contributed by atoms with Crippen molar-refractivity contribution in [2.24, 2.45) is 0 Å². The quantitative estimate of drug-likeness (QED) is 0.789. The monoisotopic (exact) mass is 414 g/mol. The molecule has 0 aromatic heterocycles. The minimum atomic E-state index is -3.55. The lowest BCUT2D eigenvalue weighted by molar-refractivity contribution is 0.0172. The number of ether oxygens (including phenoxy) is 1. The summed E-state index contributed by atoms with van der Waals surface area (Å²) < 4.78 is 34.4. The van der Waals surface area contributed by atoms with Gasteiger partial charge in [-0.3, -0.25) is 4.90 Å². The molecule has 0 saturated carbocycles. The topological polar surface area (TPSA) is 58.6 Å². The summed E-state index contributed by atoms with van der Waals surface area (Å²) in [7, 11) is -3.55. The molecule has 6 heteroatoms. The molecule has 1 aliphatic heterocycles. The van der Waals surface area contributed by atoms with E-state index in [0.717, 1.165) is 37.9 Å². The predicted molar refractivity (Wildman–Crippen MR) is 115 cm³/mol. The van der Waals surface area contributed by atoms with Crippen LogP contribution in [0.25, 0.3) is 0 Å². The molecule has 2 aromatic carbocycles. The summed E-state index contributed by atoms with van der Waals surface area (Å²) in [5.74, 6) is 0. The maximum Gasteiger partial charge on any atom is 0.240 e. The molecule has 156 valence electrons. The zero-order valence-electron chi connectivity index (χ0n) is 17.1. The molecule has 29 heavy (non-hydrogen) atoms. The van der Waals surface area contributed by atoms with Gasteiger partial charge in [-0.1, -0.05) is 35.9 Å². The third-order valence-corrected chi connectivity index (χ3v) is 7.47. The van der Waals surface area contributed by atoms with E-state index in [0.29, 0.717) is 24.7 Å². The summed E-state index contributed by atoms with van der Waals surface area (Å²) in [4.78, 5) is 2.69. The van der Waals surface area contributed by atoms with Gasteiger partial charge in [-0.15, -0.1) is 0 Å². The Balaban J connectivity index is 1.53. The summed E-state index contributed by atoms with van der Waals surface area (Å²) in [5.41, 5.74) is 4.80. The predicted octanol–water partition coefficient (Wildman–Crippen LogP) is 3.23. The fraction of sp³-hybridized carbons (Fsp3) is 0.478. The first kappa shape index (κ1) is 20.5. The molecular formula is C23H30N2O3S. The second-order valence-corrected chi connectivity index (χ2v) is 9.83. The molecular weight excluding hydrogens is 384 g/mol. The standard InChI is InChI=1S/C23H30N2O3S/c1-18-6-8-20(9-7-18)23(25-12-14-28-15-13-25)17-24-29(26,27)22-11-10-19-4-2-3-5-21(19)16-22/h6-11,16,23-24H,2-5,12-15,17H2,1H3/t23-/m0/s1. The number of fused-ring (bicyclic) bond motifs is 1. The Bertz CT molecular complexity index is 935. The highest BCUT2D eigenvalue weighted by Crippen LogP contribution is 2.25. The van der Waals surface area contributed by atoms with Crippen molar-refractivity contribution < 1.29 is 13.2 Å².